The quantitative estimate of drug-likeness (QED) is 0.512. The number of anilines is 1. The van der Waals surface area contributed by atoms with Crippen LogP contribution in [0.3, 0.4) is 0 Å². The molecule has 28 heavy (non-hydrogen) atoms. The minimum absolute atomic E-state index is 0.655. The Hall–Kier alpha value is -2.49. The number of methoxy groups -OCH3 is 1. The fourth-order valence-corrected chi connectivity index (χ4v) is 4.30. The van der Waals surface area contributed by atoms with Gasteiger partial charge in [0.15, 0.2) is 5.60 Å². The van der Waals surface area contributed by atoms with Gasteiger partial charge < -0.3 is 14.4 Å². The van der Waals surface area contributed by atoms with Crippen LogP contribution in [0.1, 0.15) is 30.5 Å². The Balaban J connectivity index is 1.99. The molecule has 4 heteroatoms. The third-order valence-corrected chi connectivity index (χ3v) is 5.74. The summed E-state index contributed by atoms with van der Waals surface area (Å²) >= 11 is 6.36. The van der Waals surface area contributed by atoms with Gasteiger partial charge in [-0.25, -0.2) is 0 Å². The first kappa shape index (κ1) is 18.9. The highest BCUT2D eigenvalue weighted by Crippen LogP contribution is 2.53. The summed E-state index contributed by atoms with van der Waals surface area (Å²) in [4.78, 5) is 2.30. The first-order valence-electron chi connectivity index (χ1n) is 9.62. The minimum Gasteiger partial charge on any atom is -0.456 e. The van der Waals surface area contributed by atoms with E-state index in [-0.39, 0.29) is 0 Å². The summed E-state index contributed by atoms with van der Waals surface area (Å²) in [6, 6.07) is 22.3. The van der Waals surface area contributed by atoms with Gasteiger partial charge in [0.05, 0.1) is 0 Å². The monoisotopic (exact) mass is 393 g/mol. The third-order valence-electron chi connectivity index (χ3n) is 5.50. The molecule has 0 bridgehead atoms. The Morgan fingerprint density at radius 3 is 2.32 bits per heavy atom. The smallest absolute Gasteiger partial charge is 0.150 e. The van der Waals surface area contributed by atoms with Crippen molar-refractivity contribution in [3.05, 3.63) is 88.4 Å². The maximum Gasteiger partial charge on any atom is 0.150 e. The van der Waals surface area contributed by atoms with Crippen molar-refractivity contribution in [2.75, 3.05) is 25.1 Å². The number of rotatable bonds is 5. The summed E-state index contributed by atoms with van der Waals surface area (Å²) in [5.74, 6) is 1.57. The lowest BCUT2D eigenvalue weighted by molar-refractivity contribution is 0.0499. The lowest BCUT2D eigenvalue weighted by atomic mass is 9.77. The lowest BCUT2D eigenvalue weighted by Gasteiger charge is -2.40. The van der Waals surface area contributed by atoms with Gasteiger partial charge >= 0.3 is 0 Å². The molecule has 0 saturated heterocycles. The lowest BCUT2D eigenvalue weighted by Crippen LogP contribution is -2.35. The molecule has 1 aliphatic rings. The Morgan fingerprint density at radius 1 is 0.893 bits per heavy atom. The van der Waals surface area contributed by atoms with Gasteiger partial charge in [-0.05, 0) is 49.7 Å². The van der Waals surface area contributed by atoms with E-state index in [4.69, 9.17) is 21.1 Å². The fraction of sp³-hybridized carbons (Fsp3) is 0.250. The van der Waals surface area contributed by atoms with Crippen molar-refractivity contribution >= 4 is 17.3 Å². The maximum atomic E-state index is 6.36. The van der Waals surface area contributed by atoms with Crippen LogP contribution in [0.15, 0.2) is 66.7 Å². The van der Waals surface area contributed by atoms with Crippen molar-refractivity contribution in [1.29, 1.82) is 0 Å². The summed E-state index contributed by atoms with van der Waals surface area (Å²) in [7, 11) is 1.74. The zero-order chi connectivity index (χ0) is 19.7. The van der Waals surface area contributed by atoms with Crippen molar-refractivity contribution < 1.29 is 9.47 Å². The summed E-state index contributed by atoms with van der Waals surface area (Å²) in [5.41, 5.74) is 3.29. The van der Waals surface area contributed by atoms with Crippen LogP contribution in [-0.4, -0.2) is 20.2 Å². The zero-order valence-corrected chi connectivity index (χ0v) is 17.2. The average molecular weight is 394 g/mol. The van der Waals surface area contributed by atoms with Gasteiger partial charge in [0.2, 0.25) is 0 Å². The highest BCUT2D eigenvalue weighted by molar-refractivity contribution is 6.30. The van der Waals surface area contributed by atoms with Crippen LogP contribution in [0.4, 0.5) is 5.69 Å². The number of hydrogen-bond acceptors (Lipinski definition) is 3. The van der Waals surface area contributed by atoms with E-state index < -0.39 is 5.60 Å². The van der Waals surface area contributed by atoms with E-state index in [0.29, 0.717) is 5.02 Å². The topological polar surface area (TPSA) is 21.7 Å². The molecule has 3 aromatic rings. The Morgan fingerprint density at radius 2 is 1.64 bits per heavy atom. The van der Waals surface area contributed by atoms with Gasteiger partial charge in [0, 0.05) is 48.1 Å². The molecule has 1 heterocycles. The normalized spacial score (nSPS) is 17.4. The molecule has 1 atom stereocenters. The van der Waals surface area contributed by atoms with E-state index in [0.717, 1.165) is 47.0 Å². The minimum atomic E-state index is -0.781. The van der Waals surface area contributed by atoms with E-state index in [9.17, 15) is 0 Å². The van der Waals surface area contributed by atoms with Crippen molar-refractivity contribution in [3.8, 4) is 11.5 Å². The molecule has 0 N–H and O–H groups in total. The van der Waals surface area contributed by atoms with Crippen LogP contribution < -0.4 is 9.64 Å². The number of fused-ring (bicyclic) bond motifs is 2. The van der Waals surface area contributed by atoms with Crippen LogP contribution in [0.25, 0.3) is 0 Å². The summed E-state index contributed by atoms with van der Waals surface area (Å²) in [6.45, 7) is 6.19. The van der Waals surface area contributed by atoms with Gasteiger partial charge in [0.25, 0.3) is 0 Å². The van der Waals surface area contributed by atoms with Crippen molar-refractivity contribution in [3.63, 3.8) is 0 Å². The first-order valence-corrected chi connectivity index (χ1v) is 9.99. The van der Waals surface area contributed by atoms with Crippen molar-refractivity contribution in [2.45, 2.75) is 19.4 Å². The number of nitrogens with zero attached hydrogens (tertiary/aromatic N) is 1. The van der Waals surface area contributed by atoms with E-state index in [1.807, 2.05) is 36.4 Å². The van der Waals surface area contributed by atoms with E-state index in [1.54, 1.807) is 7.11 Å². The molecular weight excluding hydrogens is 370 g/mol. The van der Waals surface area contributed by atoms with E-state index >= 15 is 0 Å². The second kappa shape index (κ2) is 7.50. The van der Waals surface area contributed by atoms with Gasteiger partial charge in [0.1, 0.15) is 11.5 Å². The molecule has 3 nitrogen and oxygen atoms in total. The van der Waals surface area contributed by atoms with Crippen LogP contribution >= 0.6 is 11.6 Å². The maximum absolute atomic E-state index is 6.36. The molecule has 0 aliphatic carbocycles. The largest absolute Gasteiger partial charge is 0.456 e. The molecule has 1 aliphatic heterocycles. The molecule has 144 valence electrons. The predicted molar refractivity (Wildman–Crippen MR) is 115 cm³/mol. The van der Waals surface area contributed by atoms with Gasteiger partial charge in [-0.2, -0.15) is 0 Å². The molecule has 0 amide bonds. The number of hydrogen-bond donors (Lipinski definition) is 0. The molecule has 0 spiro atoms. The Kier molecular flexibility index (Phi) is 5.05. The Labute approximate surface area is 171 Å². The zero-order valence-electron chi connectivity index (χ0n) is 16.4. The second-order valence-electron chi connectivity index (χ2n) is 6.85. The molecule has 0 aromatic heterocycles. The fourth-order valence-electron chi connectivity index (χ4n) is 4.12. The van der Waals surface area contributed by atoms with E-state index in [2.05, 4.69) is 49.1 Å². The van der Waals surface area contributed by atoms with Crippen molar-refractivity contribution in [1.82, 2.24) is 0 Å². The van der Waals surface area contributed by atoms with E-state index in [1.165, 1.54) is 0 Å². The SMILES string of the molecule is CCN(CC)c1ccc2c(c1)Oc1ccc(Cl)cc1C2(OC)c1ccccc1. The van der Waals surface area contributed by atoms with Crippen LogP contribution in [0, 0.1) is 0 Å². The molecule has 0 radical (unpaired) electrons. The highest BCUT2D eigenvalue weighted by Gasteiger charge is 2.44. The number of ether oxygens (including phenoxy) is 2. The molecule has 0 fully saturated rings. The molecule has 3 aromatic carbocycles. The number of halogens is 1. The molecule has 4 rings (SSSR count). The standard InChI is InChI=1S/C24H24ClNO2/c1-4-26(5-2)19-12-13-20-23(16-19)28-22-14-11-18(25)15-21(22)24(20,27-3)17-9-7-6-8-10-17/h6-16H,4-5H2,1-3H3. The van der Waals surface area contributed by atoms with Gasteiger partial charge in [-0.15, -0.1) is 0 Å². The highest BCUT2D eigenvalue weighted by atomic mass is 35.5. The van der Waals surface area contributed by atoms with Crippen LogP contribution in [-0.2, 0) is 10.3 Å². The second-order valence-corrected chi connectivity index (χ2v) is 7.28. The summed E-state index contributed by atoms with van der Waals surface area (Å²) < 4.78 is 12.6. The van der Waals surface area contributed by atoms with Crippen LogP contribution in [0.2, 0.25) is 5.02 Å². The molecule has 1 unspecified atom stereocenters. The molecular formula is C24H24ClNO2. The number of benzene rings is 3. The Bertz CT molecular complexity index is 985. The third kappa shape index (κ3) is 2.86. The van der Waals surface area contributed by atoms with Gasteiger partial charge in [-0.1, -0.05) is 41.9 Å². The van der Waals surface area contributed by atoms with Crippen molar-refractivity contribution in [2.24, 2.45) is 0 Å². The summed E-state index contributed by atoms with van der Waals surface area (Å²) in [6.07, 6.45) is 0. The van der Waals surface area contributed by atoms with Gasteiger partial charge in [-0.3, -0.25) is 0 Å². The average Bonchev–Trinajstić information content (AvgIpc) is 2.74. The van der Waals surface area contributed by atoms with Crippen LogP contribution in [0.5, 0.6) is 11.5 Å². The molecule has 0 saturated carbocycles. The first-order chi connectivity index (χ1) is 13.6. The predicted octanol–water partition coefficient (Wildman–Crippen LogP) is 6.23. The summed E-state index contributed by atoms with van der Waals surface area (Å²) in [5, 5.41) is 0.655.